The lowest BCUT2D eigenvalue weighted by molar-refractivity contribution is -0.165. The van der Waals surface area contributed by atoms with Crippen LogP contribution in [0.3, 0.4) is 0 Å². The Bertz CT molecular complexity index is 449. The van der Waals surface area contributed by atoms with Crippen molar-refractivity contribution in [3.05, 3.63) is 47.5 Å². The van der Waals surface area contributed by atoms with Crippen LogP contribution in [-0.2, 0) is 17.6 Å². The van der Waals surface area contributed by atoms with Crippen LogP contribution >= 0.6 is 0 Å². The number of allylic oxidation sites excluding steroid dienone is 2. The molecule has 0 atom stereocenters. The predicted molar refractivity (Wildman–Crippen MR) is 62.2 cm³/mol. The average molecular weight is 254 g/mol. The molecule has 0 N–H and O–H groups in total. The molecule has 4 heteroatoms. The van der Waals surface area contributed by atoms with E-state index in [9.17, 15) is 18.0 Å². The molecule has 2 rings (SSSR count). The summed E-state index contributed by atoms with van der Waals surface area (Å²) in [6.45, 7) is 0. The molecule has 0 aromatic heterocycles. The maximum Gasteiger partial charge on any atom is 0.454 e. The lowest BCUT2D eigenvalue weighted by Crippen LogP contribution is -2.19. The number of fused-ring (bicyclic) bond motifs is 1. The van der Waals surface area contributed by atoms with Gasteiger partial charge in [-0.1, -0.05) is 30.3 Å². The molecule has 1 aliphatic carbocycles. The molecule has 0 amide bonds. The van der Waals surface area contributed by atoms with E-state index in [-0.39, 0.29) is 0 Å². The Labute approximate surface area is 103 Å². The zero-order valence-corrected chi connectivity index (χ0v) is 9.70. The minimum Gasteiger partial charge on any atom is -0.285 e. The van der Waals surface area contributed by atoms with E-state index in [0.29, 0.717) is 18.4 Å². The minimum atomic E-state index is -4.75. The van der Waals surface area contributed by atoms with Crippen LogP contribution in [0.1, 0.15) is 17.5 Å². The van der Waals surface area contributed by atoms with Crippen LogP contribution in [0.2, 0.25) is 0 Å². The minimum absolute atomic E-state index is 0.305. The fourth-order valence-corrected chi connectivity index (χ4v) is 2.28. The van der Waals surface area contributed by atoms with Gasteiger partial charge in [0.15, 0.2) is 0 Å². The van der Waals surface area contributed by atoms with Gasteiger partial charge in [-0.2, -0.15) is 13.2 Å². The summed E-state index contributed by atoms with van der Waals surface area (Å²) in [5.74, 6) is -1.47. The van der Waals surface area contributed by atoms with E-state index >= 15 is 0 Å². The summed E-state index contributed by atoms with van der Waals surface area (Å²) in [7, 11) is 0. The van der Waals surface area contributed by atoms with Crippen LogP contribution in [0.4, 0.5) is 13.2 Å². The van der Waals surface area contributed by atoms with Crippen molar-refractivity contribution in [1.82, 2.24) is 0 Å². The van der Waals surface area contributed by atoms with Crippen LogP contribution in [0.15, 0.2) is 36.4 Å². The third-order valence-corrected chi connectivity index (χ3v) is 3.15. The Morgan fingerprint density at radius 3 is 2.28 bits per heavy atom. The lowest BCUT2D eigenvalue weighted by Gasteiger charge is -2.04. The second-order valence-electron chi connectivity index (χ2n) is 4.54. The summed E-state index contributed by atoms with van der Waals surface area (Å²) in [6.07, 6.45) is -0.511. The Kier molecular flexibility index (Phi) is 3.55. The first-order valence-electron chi connectivity index (χ1n) is 5.81. The second kappa shape index (κ2) is 4.96. The van der Waals surface area contributed by atoms with Crippen LogP contribution in [0, 0.1) is 5.92 Å². The summed E-state index contributed by atoms with van der Waals surface area (Å²) in [5, 5.41) is 0. The Balaban J connectivity index is 1.88. The maximum absolute atomic E-state index is 12.0. The number of rotatable bonds is 3. The molecule has 0 fully saturated rings. The monoisotopic (exact) mass is 254 g/mol. The Hall–Kier alpha value is -1.58. The normalized spacial score (nSPS) is 16.2. The first-order chi connectivity index (χ1) is 8.47. The molecule has 0 spiro atoms. The van der Waals surface area contributed by atoms with Gasteiger partial charge in [0.25, 0.3) is 5.78 Å². The van der Waals surface area contributed by atoms with Crippen LogP contribution in [0.25, 0.3) is 0 Å². The van der Waals surface area contributed by atoms with Crippen LogP contribution in [0.5, 0.6) is 0 Å². The molecule has 1 aromatic carbocycles. The third kappa shape index (κ3) is 3.00. The summed E-state index contributed by atoms with van der Waals surface area (Å²) in [6, 6.07) is 8.01. The smallest absolute Gasteiger partial charge is 0.285 e. The largest absolute Gasteiger partial charge is 0.454 e. The quantitative estimate of drug-likeness (QED) is 0.755. The fourth-order valence-electron chi connectivity index (χ4n) is 2.28. The summed E-state index contributed by atoms with van der Waals surface area (Å²) >= 11 is 0. The molecule has 0 heterocycles. The van der Waals surface area contributed by atoms with Crippen molar-refractivity contribution in [1.29, 1.82) is 0 Å². The molecule has 1 aliphatic rings. The Morgan fingerprint density at radius 2 is 1.78 bits per heavy atom. The average Bonchev–Trinajstić information content (AvgIpc) is 2.70. The van der Waals surface area contributed by atoms with Crippen LogP contribution < -0.4 is 0 Å². The van der Waals surface area contributed by atoms with Gasteiger partial charge >= 0.3 is 6.18 Å². The molecule has 0 bridgehead atoms. The predicted octanol–water partition coefficient (Wildman–Crippen LogP) is 3.48. The van der Waals surface area contributed by atoms with Crippen molar-refractivity contribution in [2.75, 3.05) is 0 Å². The van der Waals surface area contributed by atoms with Gasteiger partial charge in [0.2, 0.25) is 0 Å². The zero-order valence-electron chi connectivity index (χ0n) is 9.70. The van der Waals surface area contributed by atoms with E-state index in [2.05, 4.69) is 0 Å². The number of benzene rings is 1. The number of hydrogen-bond donors (Lipinski definition) is 0. The topological polar surface area (TPSA) is 17.1 Å². The molecule has 1 aromatic rings. The van der Waals surface area contributed by atoms with E-state index < -0.39 is 12.0 Å². The molecule has 0 saturated heterocycles. The number of ketones is 1. The maximum atomic E-state index is 12.0. The number of carbonyl (C=O) groups is 1. The molecule has 1 nitrogen and oxygen atoms in total. The first-order valence-corrected chi connectivity index (χ1v) is 5.81. The van der Waals surface area contributed by atoms with E-state index in [1.54, 1.807) is 0 Å². The number of carbonyl (C=O) groups excluding carboxylic acids is 1. The van der Waals surface area contributed by atoms with E-state index in [4.69, 9.17) is 0 Å². The highest BCUT2D eigenvalue weighted by Crippen LogP contribution is 2.28. The van der Waals surface area contributed by atoms with Crippen molar-refractivity contribution >= 4 is 5.78 Å². The van der Waals surface area contributed by atoms with Gasteiger partial charge in [-0.3, -0.25) is 4.79 Å². The molecule has 18 heavy (non-hydrogen) atoms. The molecule has 0 saturated carbocycles. The van der Waals surface area contributed by atoms with Gasteiger partial charge in [0, 0.05) is 0 Å². The van der Waals surface area contributed by atoms with Crippen molar-refractivity contribution in [2.45, 2.75) is 25.4 Å². The lowest BCUT2D eigenvalue weighted by atomic mass is 10.0. The summed E-state index contributed by atoms with van der Waals surface area (Å²) in [4.78, 5) is 10.6. The molecular formula is C14H13F3O. The van der Waals surface area contributed by atoms with Crippen molar-refractivity contribution in [3.63, 3.8) is 0 Å². The number of alkyl halides is 3. The molecule has 0 aliphatic heterocycles. The second-order valence-corrected chi connectivity index (χ2v) is 4.54. The van der Waals surface area contributed by atoms with E-state index in [1.807, 2.05) is 24.3 Å². The van der Waals surface area contributed by atoms with Gasteiger partial charge < -0.3 is 0 Å². The standard InChI is InChI=1S/C14H13F3O/c15-14(16,17)13(18)7-3-4-10-8-11-5-1-2-6-12(11)9-10/h1-3,5-7,10H,4,8-9H2/b7-3+. The summed E-state index contributed by atoms with van der Waals surface area (Å²) < 4.78 is 35.9. The van der Waals surface area contributed by atoms with Crippen molar-refractivity contribution in [2.24, 2.45) is 5.92 Å². The highest BCUT2D eigenvalue weighted by molar-refractivity contribution is 5.94. The van der Waals surface area contributed by atoms with Gasteiger partial charge in [0.05, 0.1) is 0 Å². The zero-order chi connectivity index (χ0) is 13.2. The Morgan fingerprint density at radius 1 is 1.22 bits per heavy atom. The molecule has 0 unspecified atom stereocenters. The van der Waals surface area contributed by atoms with Gasteiger partial charge in [-0.25, -0.2) is 0 Å². The van der Waals surface area contributed by atoms with Gasteiger partial charge in [-0.15, -0.1) is 0 Å². The number of halogens is 3. The highest BCUT2D eigenvalue weighted by atomic mass is 19.4. The van der Waals surface area contributed by atoms with Crippen molar-refractivity contribution in [3.8, 4) is 0 Å². The van der Waals surface area contributed by atoms with E-state index in [0.717, 1.165) is 12.8 Å². The highest BCUT2D eigenvalue weighted by Gasteiger charge is 2.36. The van der Waals surface area contributed by atoms with E-state index in [1.165, 1.54) is 17.2 Å². The number of hydrogen-bond acceptors (Lipinski definition) is 1. The first kappa shape index (κ1) is 12.9. The summed E-state index contributed by atoms with van der Waals surface area (Å²) in [5.41, 5.74) is 2.52. The third-order valence-electron chi connectivity index (χ3n) is 3.15. The van der Waals surface area contributed by atoms with Gasteiger partial charge in [-0.05, 0) is 42.4 Å². The fraction of sp³-hybridized carbons (Fsp3) is 0.357. The van der Waals surface area contributed by atoms with Gasteiger partial charge in [0.1, 0.15) is 0 Å². The molecule has 0 radical (unpaired) electrons. The SMILES string of the molecule is O=C(/C=C/CC1Cc2ccccc2C1)C(F)(F)F. The molecular weight excluding hydrogens is 241 g/mol. The molecule has 96 valence electrons. The van der Waals surface area contributed by atoms with Crippen molar-refractivity contribution < 1.29 is 18.0 Å². The van der Waals surface area contributed by atoms with Crippen LogP contribution in [-0.4, -0.2) is 12.0 Å².